The molecule has 0 radical (unpaired) electrons. The van der Waals surface area contributed by atoms with Crippen molar-refractivity contribution in [3.05, 3.63) is 30.1 Å². The number of hydrogen-bond donors (Lipinski definition) is 0. The summed E-state index contributed by atoms with van der Waals surface area (Å²) in [4.78, 5) is 6.49. The van der Waals surface area contributed by atoms with Gasteiger partial charge in [-0.25, -0.2) is 9.37 Å². The van der Waals surface area contributed by atoms with Crippen LogP contribution in [0.1, 0.15) is 0 Å². The Kier molecular flexibility index (Phi) is 3.24. The van der Waals surface area contributed by atoms with E-state index in [1.165, 1.54) is 0 Å². The summed E-state index contributed by atoms with van der Waals surface area (Å²) in [5, 5.41) is 0. The highest BCUT2D eigenvalue weighted by atomic mass is 32.2. The quantitative estimate of drug-likeness (QED) is 0.368. The first-order chi connectivity index (χ1) is 9.12. The van der Waals surface area contributed by atoms with Gasteiger partial charge in [0.2, 0.25) is 5.95 Å². The number of pyridine rings is 2. The van der Waals surface area contributed by atoms with Crippen molar-refractivity contribution >= 4 is 21.2 Å². The van der Waals surface area contributed by atoms with Gasteiger partial charge in [-0.3, -0.25) is 4.98 Å². The molecule has 5 nitrogen and oxygen atoms in total. The maximum atomic E-state index is 13.3. The maximum absolute atomic E-state index is 13.3. The number of aromatic nitrogens is 2. The molecule has 0 unspecified atom stereocenters. The van der Waals surface area contributed by atoms with Gasteiger partial charge >= 0.3 is 15.6 Å². The van der Waals surface area contributed by atoms with Crippen LogP contribution >= 0.6 is 0 Å². The number of halogens is 5. The van der Waals surface area contributed by atoms with Crippen LogP contribution in [0.2, 0.25) is 0 Å². The summed E-state index contributed by atoms with van der Waals surface area (Å²) in [7, 11) is -5.98. The van der Waals surface area contributed by atoms with Crippen LogP contribution < -0.4 is 4.18 Å². The van der Waals surface area contributed by atoms with Gasteiger partial charge in [0, 0.05) is 18.3 Å². The van der Waals surface area contributed by atoms with Gasteiger partial charge in [0.1, 0.15) is 11.0 Å². The maximum Gasteiger partial charge on any atom is 0.534 e. The van der Waals surface area contributed by atoms with Crippen LogP contribution in [0.4, 0.5) is 22.0 Å². The molecule has 2 aromatic rings. The predicted molar refractivity (Wildman–Crippen MR) is 55.1 cm³/mol. The third-order valence-electron chi connectivity index (χ3n) is 2.06. The highest BCUT2D eigenvalue weighted by molar-refractivity contribution is 7.88. The van der Waals surface area contributed by atoms with Gasteiger partial charge in [-0.2, -0.15) is 26.0 Å². The molecule has 0 aliphatic rings. The minimum atomic E-state index is -5.98. The third kappa shape index (κ3) is 2.48. The fourth-order valence-electron chi connectivity index (χ4n) is 1.26. The molecule has 0 saturated heterocycles. The van der Waals surface area contributed by atoms with Gasteiger partial charge in [-0.05, 0) is 0 Å². The van der Waals surface area contributed by atoms with Crippen molar-refractivity contribution in [3.63, 3.8) is 0 Å². The van der Waals surface area contributed by atoms with Gasteiger partial charge in [0.25, 0.3) is 0 Å². The molecule has 0 aromatic carbocycles. The summed E-state index contributed by atoms with van der Waals surface area (Å²) in [6, 6.07) is 1.04. The Balaban J connectivity index is 2.62. The molecule has 0 saturated carbocycles. The molecule has 0 fully saturated rings. The molecule has 0 bridgehead atoms. The molecule has 0 spiro atoms. The second-order valence-electron chi connectivity index (χ2n) is 3.42. The molecule has 0 N–H and O–H groups in total. The lowest BCUT2D eigenvalue weighted by molar-refractivity contribution is -0.0499. The van der Waals surface area contributed by atoms with Gasteiger partial charge in [-0.15, -0.1) is 0 Å². The van der Waals surface area contributed by atoms with E-state index in [9.17, 15) is 30.4 Å². The summed E-state index contributed by atoms with van der Waals surface area (Å²) in [6.45, 7) is 0. The van der Waals surface area contributed by atoms with E-state index in [4.69, 9.17) is 0 Å². The number of hydrogen-bond acceptors (Lipinski definition) is 5. The smallest absolute Gasteiger partial charge is 0.374 e. The molecule has 2 aromatic heterocycles. The first kappa shape index (κ1) is 14.4. The van der Waals surface area contributed by atoms with Crippen LogP contribution in [0.25, 0.3) is 11.0 Å². The van der Waals surface area contributed by atoms with Gasteiger partial charge in [-0.1, -0.05) is 0 Å². The Morgan fingerprint density at radius 3 is 2.40 bits per heavy atom. The SMILES string of the molecule is O=S(=O)(Oc1ccnc2c(F)cc(F)nc12)C(F)(F)F. The number of rotatable bonds is 2. The summed E-state index contributed by atoms with van der Waals surface area (Å²) in [5.74, 6) is -3.56. The molecule has 0 amide bonds. The van der Waals surface area contributed by atoms with Crippen LogP contribution in [0, 0.1) is 11.8 Å². The Labute approximate surface area is 108 Å². The fraction of sp³-hybridized carbons (Fsp3) is 0.111. The average molecular weight is 314 g/mol. The molecule has 0 aliphatic carbocycles. The monoisotopic (exact) mass is 314 g/mol. The highest BCUT2D eigenvalue weighted by Gasteiger charge is 2.48. The van der Waals surface area contributed by atoms with E-state index in [1.807, 2.05) is 0 Å². The Morgan fingerprint density at radius 1 is 1.15 bits per heavy atom. The zero-order valence-corrected chi connectivity index (χ0v) is 9.97. The first-order valence-electron chi connectivity index (χ1n) is 4.73. The molecule has 2 heterocycles. The Morgan fingerprint density at radius 2 is 1.80 bits per heavy atom. The van der Waals surface area contributed by atoms with E-state index in [-0.39, 0.29) is 0 Å². The lowest BCUT2D eigenvalue weighted by Crippen LogP contribution is -2.28. The van der Waals surface area contributed by atoms with Gasteiger partial charge in [0.15, 0.2) is 11.6 Å². The summed E-state index contributed by atoms with van der Waals surface area (Å²) >= 11 is 0. The lowest BCUT2D eigenvalue weighted by atomic mass is 10.3. The second-order valence-corrected chi connectivity index (χ2v) is 4.95. The molecule has 20 heavy (non-hydrogen) atoms. The Hall–Kier alpha value is -2.04. The number of fused-ring (bicyclic) bond motifs is 1. The fourth-order valence-corrected chi connectivity index (χ4v) is 1.73. The van der Waals surface area contributed by atoms with Crippen LogP contribution in [0.15, 0.2) is 18.3 Å². The molecule has 0 aliphatic heterocycles. The molecule has 0 atom stereocenters. The zero-order valence-electron chi connectivity index (χ0n) is 9.15. The number of alkyl halides is 3. The zero-order chi connectivity index (χ0) is 15.1. The third-order valence-corrected chi connectivity index (χ3v) is 3.03. The van der Waals surface area contributed by atoms with Crippen LogP contribution in [0.5, 0.6) is 5.75 Å². The predicted octanol–water partition coefficient (Wildman–Crippen LogP) is 2.14. The molecule has 2 rings (SSSR count). The lowest BCUT2D eigenvalue weighted by Gasteiger charge is -2.10. The highest BCUT2D eigenvalue weighted by Crippen LogP contribution is 2.30. The summed E-state index contributed by atoms with van der Waals surface area (Å²) in [6.07, 6.45) is 0.798. The summed E-state index contributed by atoms with van der Waals surface area (Å²) < 4.78 is 88.3. The molecular formula is C9H3F5N2O3S. The van der Waals surface area contributed by atoms with E-state index in [2.05, 4.69) is 14.2 Å². The van der Waals surface area contributed by atoms with Gasteiger partial charge < -0.3 is 4.18 Å². The molecule has 11 heteroatoms. The Bertz CT molecular complexity index is 775. The van der Waals surface area contributed by atoms with Crippen LogP contribution in [-0.4, -0.2) is 23.9 Å². The van der Waals surface area contributed by atoms with Crippen molar-refractivity contribution < 1.29 is 34.6 Å². The van der Waals surface area contributed by atoms with Crippen molar-refractivity contribution in [1.82, 2.24) is 9.97 Å². The largest absolute Gasteiger partial charge is 0.534 e. The summed E-state index contributed by atoms with van der Waals surface area (Å²) in [5.41, 5.74) is -7.09. The van der Waals surface area contributed by atoms with Crippen molar-refractivity contribution in [2.45, 2.75) is 5.51 Å². The standard InChI is InChI=1S/C9H3F5N2O3S/c10-4-3-6(11)16-8-5(1-2-15-7(4)8)19-20(17,18)9(12,13)14/h1-3H. The molecule has 108 valence electrons. The topological polar surface area (TPSA) is 69.2 Å². The minimum absolute atomic E-state index is 0.345. The minimum Gasteiger partial charge on any atom is -0.374 e. The first-order valence-corrected chi connectivity index (χ1v) is 6.14. The van der Waals surface area contributed by atoms with Crippen LogP contribution in [0.3, 0.4) is 0 Å². The average Bonchev–Trinajstić information content (AvgIpc) is 2.28. The van der Waals surface area contributed by atoms with E-state index in [0.717, 1.165) is 6.20 Å². The van der Waals surface area contributed by atoms with Crippen molar-refractivity contribution in [2.24, 2.45) is 0 Å². The van der Waals surface area contributed by atoms with Crippen molar-refractivity contribution in [2.75, 3.05) is 0 Å². The van der Waals surface area contributed by atoms with E-state index < -0.39 is 44.2 Å². The van der Waals surface area contributed by atoms with Crippen LogP contribution in [-0.2, 0) is 10.1 Å². The van der Waals surface area contributed by atoms with Crippen molar-refractivity contribution in [3.8, 4) is 5.75 Å². The number of nitrogens with zero attached hydrogens (tertiary/aromatic N) is 2. The van der Waals surface area contributed by atoms with E-state index in [0.29, 0.717) is 12.1 Å². The van der Waals surface area contributed by atoms with E-state index in [1.54, 1.807) is 0 Å². The van der Waals surface area contributed by atoms with Gasteiger partial charge in [0.05, 0.1) is 0 Å². The second kappa shape index (κ2) is 4.51. The van der Waals surface area contributed by atoms with E-state index >= 15 is 0 Å². The molecular weight excluding hydrogens is 311 g/mol. The normalized spacial score (nSPS) is 12.7. The van der Waals surface area contributed by atoms with Crippen molar-refractivity contribution in [1.29, 1.82) is 0 Å².